The SMILES string of the molecule is CCNCC.COc1cc(C)cc2cc(-c3c(C(=O)O)c(C(=O)N4CCN(C(=O)OC(C)(C)C)CC4)n4ncnc(N)c34)sc12. The van der Waals surface area contributed by atoms with Gasteiger partial charge in [0.2, 0.25) is 0 Å². The molecular weight excluding hydrogens is 598 g/mol. The zero-order valence-corrected chi connectivity index (χ0v) is 27.6. The molecule has 0 aliphatic carbocycles. The van der Waals surface area contributed by atoms with Gasteiger partial charge in [-0.1, -0.05) is 19.9 Å². The van der Waals surface area contributed by atoms with Gasteiger partial charge in [-0.05, 0) is 63.9 Å². The number of aryl methyl sites for hydroxylation is 1. The Balaban J connectivity index is 0.000000854. The molecule has 5 rings (SSSR count). The molecule has 0 atom stereocenters. The second-order valence-electron chi connectivity index (χ2n) is 11.5. The number of piperazine rings is 1. The summed E-state index contributed by atoms with van der Waals surface area (Å²) in [6.45, 7) is 14.6. The molecular formula is C31H41N7O6S. The quantitative estimate of drug-likeness (QED) is 0.273. The maximum Gasteiger partial charge on any atom is 0.410 e. The molecule has 0 unspecified atom stereocenters. The lowest BCUT2D eigenvalue weighted by Crippen LogP contribution is -2.52. The lowest BCUT2D eigenvalue weighted by Gasteiger charge is -2.35. The molecule has 0 spiro atoms. The zero-order chi connectivity index (χ0) is 33.1. The molecule has 14 heteroatoms. The van der Waals surface area contributed by atoms with Gasteiger partial charge in [-0.25, -0.2) is 19.1 Å². The molecule has 1 aliphatic heterocycles. The van der Waals surface area contributed by atoms with Gasteiger partial charge in [0.05, 0.1) is 11.8 Å². The number of thiophene rings is 1. The number of nitrogens with one attached hydrogen (secondary N) is 1. The number of nitrogens with zero attached hydrogens (tertiary/aromatic N) is 5. The Morgan fingerprint density at radius 1 is 1.07 bits per heavy atom. The van der Waals surface area contributed by atoms with Crippen LogP contribution in [0.5, 0.6) is 5.75 Å². The number of amides is 2. The number of nitrogen functional groups attached to an aromatic ring is 1. The number of ether oxygens (including phenoxy) is 2. The molecule has 3 aromatic heterocycles. The molecule has 13 nitrogen and oxygen atoms in total. The Morgan fingerprint density at radius 3 is 2.27 bits per heavy atom. The smallest absolute Gasteiger partial charge is 0.410 e. The van der Waals surface area contributed by atoms with E-state index in [1.807, 2.05) is 25.1 Å². The second kappa shape index (κ2) is 13.7. The molecule has 1 fully saturated rings. The van der Waals surface area contributed by atoms with Crippen molar-refractivity contribution < 1.29 is 29.0 Å². The van der Waals surface area contributed by atoms with E-state index in [1.165, 1.54) is 32.0 Å². The van der Waals surface area contributed by atoms with Crippen molar-refractivity contribution in [2.75, 3.05) is 52.1 Å². The van der Waals surface area contributed by atoms with Crippen LogP contribution >= 0.6 is 11.3 Å². The highest BCUT2D eigenvalue weighted by molar-refractivity contribution is 7.22. The number of aromatic carboxylic acids is 1. The highest BCUT2D eigenvalue weighted by Crippen LogP contribution is 2.44. The predicted molar refractivity (Wildman–Crippen MR) is 174 cm³/mol. The van der Waals surface area contributed by atoms with Crippen LogP contribution in [0, 0.1) is 6.92 Å². The molecule has 0 radical (unpaired) electrons. The van der Waals surface area contributed by atoms with Crippen molar-refractivity contribution in [3.05, 3.63) is 41.3 Å². The van der Waals surface area contributed by atoms with Gasteiger partial charge in [-0.3, -0.25) is 4.79 Å². The number of nitrogens with two attached hydrogens (primary N) is 1. The number of hydrogen-bond donors (Lipinski definition) is 3. The van der Waals surface area contributed by atoms with E-state index in [-0.39, 0.29) is 54.3 Å². The minimum atomic E-state index is -1.30. The van der Waals surface area contributed by atoms with Gasteiger partial charge < -0.3 is 35.4 Å². The van der Waals surface area contributed by atoms with Crippen LogP contribution in [0.2, 0.25) is 0 Å². The molecule has 1 saturated heterocycles. The van der Waals surface area contributed by atoms with E-state index < -0.39 is 23.6 Å². The first kappa shape index (κ1) is 33.5. The minimum absolute atomic E-state index is 0.0434. The van der Waals surface area contributed by atoms with E-state index in [9.17, 15) is 19.5 Å². The van der Waals surface area contributed by atoms with Crippen molar-refractivity contribution >= 4 is 50.7 Å². The highest BCUT2D eigenvalue weighted by Gasteiger charge is 2.36. The Labute approximate surface area is 265 Å². The maximum absolute atomic E-state index is 13.9. The van der Waals surface area contributed by atoms with E-state index in [2.05, 4.69) is 29.2 Å². The van der Waals surface area contributed by atoms with Crippen LogP contribution in [0.1, 0.15) is 61.0 Å². The normalized spacial score (nSPS) is 13.5. The lowest BCUT2D eigenvalue weighted by atomic mass is 10.1. The molecule has 1 aliphatic rings. The Morgan fingerprint density at radius 2 is 1.71 bits per heavy atom. The van der Waals surface area contributed by atoms with E-state index in [4.69, 9.17) is 15.2 Å². The van der Waals surface area contributed by atoms with Gasteiger partial charge in [0.15, 0.2) is 5.82 Å². The van der Waals surface area contributed by atoms with E-state index >= 15 is 0 Å². The van der Waals surface area contributed by atoms with Crippen LogP contribution in [0.15, 0.2) is 24.5 Å². The van der Waals surface area contributed by atoms with Crippen LogP contribution in [0.25, 0.3) is 26.0 Å². The van der Waals surface area contributed by atoms with Crippen molar-refractivity contribution in [2.24, 2.45) is 0 Å². The van der Waals surface area contributed by atoms with Crippen molar-refractivity contribution in [2.45, 2.75) is 47.1 Å². The van der Waals surface area contributed by atoms with Crippen molar-refractivity contribution in [3.63, 3.8) is 0 Å². The molecule has 1 aromatic carbocycles. The van der Waals surface area contributed by atoms with Crippen molar-refractivity contribution in [1.29, 1.82) is 0 Å². The fourth-order valence-corrected chi connectivity index (χ4v) is 6.30. The summed E-state index contributed by atoms with van der Waals surface area (Å²) < 4.78 is 13.1. The first-order valence-electron chi connectivity index (χ1n) is 14.8. The van der Waals surface area contributed by atoms with Crippen molar-refractivity contribution in [3.8, 4) is 16.2 Å². The van der Waals surface area contributed by atoms with E-state index in [1.54, 1.807) is 27.9 Å². The Hall–Kier alpha value is -4.43. The van der Waals surface area contributed by atoms with Crippen LogP contribution in [0.4, 0.5) is 10.6 Å². The lowest BCUT2D eigenvalue weighted by molar-refractivity contribution is 0.0139. The topological polar surface area (TPSA) is 165 Å². The first-order chi connectivity index (χ1) is 21.3. The summed E-state index contributed by atoms with van der Waals surface area (Å²) in [5, 5.41) is 18.7. The molecule has 0 bridgehead atoms. The number of aromatic nitrogens is 3. The number of carbonyl (C=O) groups is 3. The summed E-state index contributed by atoms with van der Waals surface area (Å²) in [6, 6.07) is 5.74. The molecule has 242 valence electrons. The number of carboxylic acid groups (broad SMARTS) is 1. The average molecular weight is 640 g/mol. The largest absolute Gasteiger partial charge is 0.495 e. The fraction of sp³-hybridized carbons (Fsp3) is 0.452. The Bertz CT molecular complexity index is 1720. The number of fused-ring (bicyclic) bond motifs is 2. The molecule has 0 saturated carbocycles. The summed E-state index contributed by atoms with van der Waals surface area (Å²) in [5.74, 6) is -1.12. The molecule has 45 heavy (non-hydrogen) atoms. The number of carboxylic acids is 1. The van der Waals surface area contributed by atoms with E-state index in [0.717, 1.165) is 28.7 Å². The van der Waals surface area contributed by atoms with Gasteiger partial charge in [0, 0.05) is 36.6 Å². The van der Waals surface area contributed by atoms with Gasteiger partial charge in [-0.15, -0.1) is 11.3 Å². The zero-order valence-electron chi connectivity index (χ0n) is 26.8. The molecule has 4 N–H and O–H groups in total. The third-order valence-corrected chi connectivity index (χ3v) is 8.26. The number of carbonyl (C=O) groups excluding carboxylic acids is 2. The fourth-order valence-electron chi connectivity index (χ4n) is 5.12. The maximum atomic E-state index is 13.9. The van der Waals surface area contributed by atoms with E-state index in [0.29, 0.717) is 10.6 Å². The van der Waals surface area contributed by atoms with Crippen LogP contribution in [0.3, 0.4) is 0 Å². The third-order valence-electron chi connectivity index (χ3n) is 7.08. The standard InChI is InChI=1S/C27H30N6O6S.C4H11N/c1-14-10-15-12-17(40-22(15)16(11-14)38-5)18-19(25(35)36)21(33-20(18)23(28)29-13-30-33)24(34)31-6-8-32(9-7-31)26(37)39-27(2,3)4;1-3-5-4-2/h10-13H,6-9H2,1-5H3,(H,35,36)(H2,28,29,30);5H,3-4H2,1-2H3. The Kier molecular flexibility index (Phi) is 10.2. The van der Waals surface area contributed by atoms with Crippen LogP contribution < -0.4 is 15.8 Å². The van der Waals surface area contributed by atoms with Gasteiger partial charge in [-0.2, -0.15) is 5.10 Å². The number of rotatable bonds is 6. The summed E-state index contributed by atoms with van der Waals surface area (Å²) in [4.78, 5) is 46.9. The highest BCUT2D eigenvalue weighted by atomic mass is 32.1. The number of benzene rings is 1. The summed E-state index contributed by atoms with van der Waals surface area (Å²) in [7, 11) is 1.58. The number of methoxy groups -OCH3 is 1. The molecule has 4 heterocycles. The summed E-state index contributed by atoms with van der Waals surface area (Å²) in [5.41, 5.74) is 6.77. The average Bonchev–Trinajstić information content (AvgIpc) is 3.56. The monoisotopic (exact) mass is 639 g/mol. The van der Waals surface area contributed by atoms with Gasteiger partial charge in [0.25, 0.3) is 5.91 Å². The minimum Gasteiger partial charge on any atom is -0.495 e. The second-order valence-corrected chi connectivity index (χ2v) is 12.6. The summed E-state index contributed by atoms with van der Waals surface area (Å²) >= 11 is 1.34. The molecule has 4 aromatic rings. The number of anilines is 1. The first-order valence-corrected chi connectivity index (χ1v) is 15.6. The van der Waals surface area contributed by atoms with Crippen LogP contribution in [-0.2, 0) is 4.74 Å². The van der Waals surface area contributed by atoms with Gasteiger partial charge in [0.1, 0.15) is 34.5 Å². The van der Waals surface area contributed by atoms with Crippen LogP contribution in [-0.4, -0.2) is 99.5 Å². The third kappa shape index (κ3) is 7.12. The van der Waals surface area contributed by atoms with Gasteiger partial charge >= 0.3 is 12.1 Å². The molecule has 2 amide bonds. The number of hydrogen-bond acceptors (Lipinski definition) is 10. The predicted octanol–water partition coefficient (Wildman–Crippen LogP) is 4.52. The van der Waals surface area contributed by atoms with Crippen molar-refractivity contribution in [1.82, 2.24) is 29.7 Å². The summed E-state index contributed by atoms with van der Waals surface area (Å²) in [6.07, 6.45) is 0.726.